The summed E-state index contributed by atoms with van der Waals surface area (Å²) >= 11 is 1.39. The highest BCUT2D eigenvalue weighted by Gasteiger charge is 2.21. The first-order valence-electron chi connectivity index (χ1n) is 12.8. The van der Waals surface area contributed by atoms with Gasteiger partial charge < -0.3 is 15.0 Å². The summed E-state index contributed by atoms with van der Waals surface area (Å²) in [6.07, 6.45) is 3.12. The molecule has 0 aliphatic carbocycles. The van der Waals surface area contributed by atoms with Crippen LogP contribution in [0.3, 0.4) is 0 Å². The van der Waals surface area contributed by atoms with Crippen molar-refractivity contribution in [2.24, 2.45) is 0 Å². The van der Waals surface area contributed by atoms with Crippen LogP contribution in [0.5, 0.6) is 0 Å². The minimum atomic E-state index is 0.100. The maximum atomic E-state index is 12.8. The van der Waals surface area contributed by atoms with Gasteiger partial charge in [0.1, 0.15) is 5.82 Å². The van der Waals surface area contributed by atoms with E-state index in [1.165, 1.54) is 28.2 Å². The van der Waals surface area contributed by atoms with Gasteiger partial charge in [0.25, 0.3) is 0 Å². The molecule has 1 N–H and O–H groups in total. The van der Waals surface area contributed by atoms with Crippen molar-refractivity contribution in [2.45, 2.75) is 45.2 Å². The molecule has 36 heavy (non-hydrogen) atoms. The number of methoxy groups -OCH3 is 1. The van der Waals surface area contributed by atoms with Crippen molar-refractivity contribution in [3.05, 3.63) is 77.1 Å². The lowest BCUT2D eigenvalue weighted by Gasteiger charge is -2.32. The van der Waals surface area contributed by atoms with E-state index in [0.717, 1.165) is 43.4 Å². The van der Waals surface area contributed by atoms with Crippen LogP contribution < -0.4 is 10.2 Å². The summed E-state index contributed by atoms with van der Waals surface area (Å²) in [5.41, 5.74) is 3.78. The van der Waals surface area contributed by atoms with E-state index in [4.69, 9.17) is 9.72 Å². The zero-order valence-electron chi connectivity index (χ0n) is 21.4. The predicted molar refractivity (Wildman–Crippen MR) is 145 cm³/mol. The molecule has 0 radical (unpaired) electrons. The first-order valence-corrected chi connectivity index (χ1v) is 13.5. The van der Waals surface area contributed by atoms with Gasteiger partial charge in [0, 0.05) is 70.2 Å². The lowest BCUT2D eigenvalue weighted by molar-refractivity contribution is -0.121. The maximum Gasteiger partial charge on any atom is 0.221 e. The van der Waals surface area contributed by atoms with Gasteiger partial charge in [0.05, 0.1) is 6.61 Å². The van der Waals surface area contributed by atoms with Crippen LogP contribution in [0, 0.1) is 6.92 Å². The Bertz CT molecular complexity index is 1070. The molecule has 8 heteroatoms. The van der Waals surface area contributed by atoms with Gasteiger partial charge >= 0.3 is 0 Å². The fourth-order valence-corrected chi connectivity index (χ4v) is 5.19. The number of nitrogens with zero attached hydrogens (tertiary/aromatic N) is 4. The van der Waals surface area contributed by atoms with Crippen molar-refractivity contribution in [3.63, 3.8) is 0 Å². The van der Waals surface area contributed by atoms with Crippen molar-refractivity contribution in [2.75, 3.05) is 44.8 Å². The number of nitrogens with one attached hydrogen (secondary N) is 1. The van der Waals surface area contributed by atoms with Crippen molar-refractivity contribution in [1.29, 1.82) is 0 Å². The summed E-state index contributed by atoms with van der Waals surface area (Å²) in [4.78, 5) is 22.1. The number of aryl methyl sites for hydroxylation is 1. The molecule has 1 aliphatic rings. The van der Waals surface area contributed by atoms with E-state index < -0.39 is 0 Å². The zero-order valence-corrected chi connectivity index (χ0v) is 22.2. The Morgan fingerprint density at radius 2 is 1.83 bits per heavy atom. The second-order valence-electron chi connectivity index (χ2n) is 9.49. The predicted octanol–water partition coefficient (Wildman–Crippen LogP) is 4.06. The summed E-state index contributed by atoms with van der Waals surface area (Å²) in [7, 11) is 1.69. The van der Waals surface area contributed by atoms with E-state index in [9.17, 15) is 4.79 Å². The molecule has 1 aliphatic heterocycles. The minimum absolute atomic E-state index is 0.100. The smallest absolute Gasteiger partial charge is 0.221 e. The molecule has 2 heterocycles. The van der Waals surface area contributed by atoms with Gasteiger partial charge in [0.15, 0.2) is 0 Å². The second kappa shape index (κ2) is 13.5. The Morgan fingerprint density at radius 1 is 1.08 bits per heavy atom. The number of rotatable bonds is 12. The van der Waals surface area contributed by atoms with Crippen LogP contribution in [-0.4, -0.2) is 66.1 Å². The van der Waals surface area contributed by atoms with Crippen molar-refractivity contribution < 1.29 is 9.53 Å². The Morgan fingerprint density at radius 3 is 2.56 bits per heavy atom. The highest BCUT2D eigenvalue weighted by Crippen LogP contribution is 2.20. The number of carbonyl (C=O) groups is 1. The Hall–Kier alpha value is -2.81. The van der Waals surface area contributed by atoms with E-state index in [1.54, 1.807) is 7.11 Å². The number of aromatic nitrogens is 2. The van der Waals surface area contributed by atoms with Gasteiger partial charge in [-0.1, -0.05) is 60.2 Å². The zero-order chi connectivity index (χ0) is 25.2. The van der Waals surface area contributed by atoms with Gasteiger partial charge in [0.2, 0.25) is 11.0 Å². The number of anilines is 1. The number of piperidine rings is 1. The first kappa shape index (κ1) is 26.3. The summed E-state index contributed by atoms with van der Waals surface area (Å²) in [6.45, 7) is 6.94. The first-order chi connectivity index (χ1) is 17.6. The number of ether oxygens (including phenoxy) is 1. The minimum Gasteiger partial charge on any atom is -0.383 e. The molecule has 0 bridgehead atoms. The SMILES string of the molecule is COCCN(CCC(=O)NC1CCN(Cc2ccccc2)CC1)c1nc(Cc2ccc(C)cc2)ns1. The molecule has 0 unspecified atom stereocenters. The second-order valence-corrected chi connectivity index (χ2v) is 10.2. The van der Waals surface area contributed by atoms with Gasteiger partial charge in [-0.15, -0.1) is 0 Å². The van der Waals surface area contributed by atoms with Gasteiger partial charge in [-0.3, -0.25) is 9.69 Å². The molecule has 1 aromatic heterocycles. The molecule has 1 fully saturated rings. The van der Waals surface area contributed by atoms with Gasteiger partial charge in [-0.05, 0) is 30.9 Å². The molecule has 0 atom stereocenters. The van der Waals surface area contributed by atoms with E-state index in [2.05, 4.69) is 81.0 Å². The fraction of sp³-hybridized carbons (Fsp3) is 0.464. The summed E-state index contributed by atoms with van der Waals surface area (Å²) in [6, 6.07) is 19.3. The molecule has 4 rings (SSSR count). The van der Waals surface area contributed by atoms with Crippen molar-refractivity contribution >= 4 is 22.6 Å². The number of amides is 1. The summed E-state index contributed by atoms with van der Waals surface area (Å²) in [5, 5.41) is 4.10. The topological polar surface area (TPSA) is 70.6 Å². The average Bonchev–Trinajstić information content (AvgIpc) is 3.35. The van der Waals surface area contributed by atoms with Crippen LogP contribution in [0.15, 0.2) is 54.6 Å². The largest absolute Gasteiger partial charge is 0.383 e. The van der Waals surface area contributed by atoms with Crippen molar-refractivity contribution in [3.8, 4) is 0 Å². The molecule has 2 aromatic carbocycles. The molecule has 0 spiro atoms. The third kappa shape index (κ3) is 8.11. The molecule has 3 aromatic rings. The molecular formula is C28H37N5O2S. The number of hydrogen-bond donors (Lipinski definition) is 1. The van der Waals surface area contributed by atoms with Crippen molar-refractivity contribution in [1.82, 2.24) is 19.6 Å². The molecule has 7 nitrogen and oxygen atoms in total. The highest BCUT2D eigenvalue weighted by atomic mass is 32.1. The van der Waals surface area contributed by atoms with Crippen LogP contribution in [0.2, 0.25) is 0 Å². The average molecular weight is 508 g/mol. The van der Waals surface area contributed by atoms with Crippen LogP contribution in [0.4, 0.5) is 5.13 Å². The maximum absolute atomic E-state index is 12.8. The monoisotopic (exact) mass is 507 g/mol. The lowest BCUT2D eigenvalue weighted by Crippen LogP contribution is -2.45. The third-order valence-corrected chi connectivity index (χ3v) is 7.40. The molecule has 1 amide bonds. The molecular weight excluding hydrogens is 470 g/mol. The Kier molecular flexibility index (Phi) is 9.84. The molecule has 1 saturated heterocycles. The normalized spacial score (nSPS) is 14.6. The van der Waals surface area contributed by atoms with Gasteiger partial charge in [-0.25, -0.2) is 4.98 Å². The van der Waals surface area contributed by atoms with E-state index >= 15 is 0 Å². The van der Waals surface area contributed by atoms with E-state index in [-0.39, 0.29) is 11.9 Å². The van der Waals surface area contributed by atoms with Crippen LogP contribution in [-0.2, 0) is 22.5 Å². The quantitative estimate of drug-likeness (QED) is 0.399. The highest BCUT2D eigenvalue weighted by molar-refractivity contribution is 7.09. The number of carbonyl (C=O) groups excluding carboxylic acids is 1. The van der Waals surface area contributed by atoms with E-state index in [1.807, 2.05) is 0 Å². The third-order valence-electron chi connectivity index (χ3n) is 6.59. The van der Waals surface area contributed by atoms with Crippen LogP contribution in [0.1, 0.15) is 41.8 Å². The number of hydrogen-bond acceptors (Lipinski definition) is 7. The Labute approximate surface area is 218 Å². The van der Waals surface area contributed by atoms with Gasteiger partial charge in [-0.2, -0.15) is 4.37 Å². The molecule has 192 valence electrons. The fourth-order valence-electron chi connectivity index (χ4n) is 4.45. The number of benzene rings is 2. The molecule has 0 saturated carbocycles. The van der Waals surface area contributed by atoms with Crippen LogP contribution in [0.25, 0.3) is 0 Å². The Balaban J connectivity index is 1.23. The lowest BCUT2D eigenvalue weighted by atomic mass is 10.0. The van der Waals surface area contributed by atoms with Crippen LogP contribution >= 0.6 is 11.5 Å². The summed E-state index contributed by atoms with van der Waals surface area (Å²) in [5.74, 6) is 0.913. The number of likely N-dealkylation sites (tertiary alicyclic amines) is 1. The summed E-state index contributed by atoms with van der Waals surface area (Å²) < 4.78 is 9.86. The van der Waals surface area contributed by atoms with E-state index in [0.29, 0.717) is 32.5 Å². The standard InChI is InChI=1S/C28H37N5O2S/c1-22-8-10-23(11-9-22)20-26-30-28(36-31-26)33(18-19-35-2)17-14-27(34)29-25-12-15-32(16-13-25)21-24-6-4-3-5-7-24/h3-11,25H,12-21H2,1-2H3,(H,29,34).